The van der Waals surface area contributed by atoms with Crippen LogP contribution in [0.5, 0.6) is 0 Å². The zero-order valence-corrected chi connectivity index (χ0v) is 8.61. The number of aliphatic hydroxyl groups excluding tert-OH is 1. The molecule has 1 rings (SSSR count). The van der Waals surface area contributed by atoms with E-state index in [1.807, 2.05) is 0 Å². The standard InChI is InChI=1S/C7H8Cl3NO/c1-11-4-2-3-5(11)6(12)7(8,9)10/h2-4,6,12H,1H3. The first-order valence-electron chi connectivity index (χ1n) is 3.29. The largest absolute Gasteiger partial charge is 0.382 e. The molecular formula is C7H8Cl3NO. The van der Waals surface area contributed by atoms with Gasteiger partial charge in [0.05, 0.1) is 5.69 Å². The predicted molar refractivity (Wildman–Crippen MR) is 50.7 cm³/mol. The Morgan fingerprint density at radius 1 is 1.50 bits per heavy atom. The molecule has 0 spiro atoms. The normalized spacial score (nSPS) is 14.8. The summed E-state index contributed by atoms with van der Waals surface area (Å²) in [5.74, 6) is 0. The molecule has 2 nitrogen and oxygen atoms in total. The van der Waals surface area contributed by atoms with E-state index in [0.29, 0.717) is 5.69 Å². The van der Waals surface area contributed by atoms with Gasteiger partial charge in [-0.15, -0.1) is 0 Å². The van der Waals surface area contributed by atoms with Gasteiger partial charge in [-0.05, 0) is 12.1 Å². The molecule has 0 aromatic carbocycles. The number of aliphatic hydroxyl groups is 1. The summed E-state index contributed by atoms with van der Waals surface area (Å²) < 4.78 is 0.0265. The smallest absolute Gasteiger partial charge is 0.221 e. The van der Waals surface area contributed by atoms with Gasteiger partial charge in [0.15, 0.2) is 0 Å². The Kier molecular flexibility index (Phi) is 2.94. The van der Waals surface area contributed by atoms with Crippen LogP contribution in [0.4, 0.5) is 0 Å². The average molecular weight is 229 g/mol. The Balaban J connectivity index is 2.92. The van der Waals surface area contributed by atoms with Gasteiger partial charge in [0.2, 0.25) is 3.79 Å². The third kappa shape index (κ3) is 2.07. The second-order valence-electron chi connectivity index (χ2n) is 2.49. The van der Waals surface area contributed by atoms with Crippen molar-refractivity contribution in [3.8, 4) is 0 Å². The summed E-state index contributed by atoms with van der Waals surface area (Å²) in [6, 6.07) is 3.47. The van der Waals surface area contributed by atoms with E-state index < -0.39 is 9.90 Å². The fourth-order valence-electron chi connectivity index (χ4n) is 0.926. The molecule has 0 radical (unpaired) electrons. The van der Waals surface area contributed by atoms with Crippen molar-refractivity contribution in [2.75, 3.05) is 0 Å². The van der Waals surface area contributed by atoms with E-state index in [4.69, 9.17) is 34.8 Å². The van der Waals surface area contributed by atoms with Crippen molar-refractivity contribution in [1.29, 1.82) is 0 Å². The molecule has 5 heteroatoms. The number of aromatic nitrogens is 1. The highest BCUT2D eigenvalue weighted by molar-refractivity contribution is 6.67. The fraction of sp³-hybridized carbons (Fsp3) is 0.429. The maximum absolute atomic E-state index is 9.51. The molecule has 1 atom stereocenters. The molecule has 68 valence electrons. The lowest BCUT2D eigenvalue weighted by molar-refractivity contribution is 0.174. The van der Waals surface area contributed by atoms with Crippen LogP contribution in [0.2, 0.25) is 0 Å². The van der Waals surface area contributed by atoms with Crippen molar-refractivity contribution >= 4 is 34.8 Å². The van der Waals surface area contributed by atoms with Crippen LogP contribution in [-0.2, 0) is 7.05 Å². The summed E-state index contributed by atoms with van der Waals surface area (Å²) in [5, 5.41) is 9.51. The Bertz CT molecular complexity index is 266. The number of hydrogen-bond donors (Lipinski definition) is 1. The third-order valence-corrected chi connectivity index (χ3v) is 2.19. The lowest BCUT2D eigenvalue weighted by atomic mass is 10.3. The van der Waals surface area contributed by atoms with E-state index in [-0.39, 0.29) is 0 Å². The van der Waals surface area contributed by atoms with Gasteiger partial charge < -0.3 is 9.67 Å². The second-order valence-corrected chi connectivity index (χ2v) is 4.86. The molecule has 1 heterocycles. The molecule has 1 N–H and O–H groups in total. The molecule has 0 saturated heterocycles. The molecule has 12 heavy (non-hydrogen) atoms. The first-order valence-corrected chi connectivity index (χ1v) is 4.42. The Hall–Kier alpha value is 0.110. The molecular weight excluding hydrogens is 220 g/mol. The summed E-state index contributed by atoms with van der Waals surface area (Å²) in [5.41, 5.74) is 0.579. The fourth-order valence-corrected chi connectivity index (χ4v) is 1.26. The van der Waals surface area contributed by atoms with Gasteiger partial charge in [-0.25, -0.2) is 0 Å². The first kappa shape index (κ1) is 10.2. The van der Waals surface area contributed by atoms with Gasteiger partial charge in [-0.2, -0.15) is 0 Å². The zero-order valence-electron chi connectivity index (χ0n) is 6.34. The van der Waals surface area contributed by atoms with Crippen molar-refractivity contribution in [1.82, 2.24) is 4.57 Å². The van der Waals surface area contributed by atoms with Gasteiger partial charge in [-0.3, -0.25) is 0 Å². The van der Waals surface area contributed by atoms with Crippen LogP contribution in [0, 0.1) is 0 Å². The number of hydrogen-bond acceptors (Lipinski definition) is 1. The van der Waals surface area contributed by atoms with E-state index in [1.54, 1.807) is 29.9 Å². The number of aryl methyl sites for hydroxylation is 1. The monoisotopic (exact) mass is 227 g/mol. The number of nitrogens with zero attached hydrogens (tertiary/aromatic N) is 1. The summed E-state index contributed by atoms with van der Waals surface area (Å²) >= 11 is 16.5. The van der Waals surface area contributed by atoms with Gasteiger partial charge in [0, 0.05) is 13.2 Å². The highest BCUT2D eigenvalue weighted by atomic mass is 35.6. The summed E-state index contributed by atoms with van der Waals surface area (Å²) in [4.78, 5) is 0. The van der Waals surface area contributed by atoms with Crippen LogP contribution in [0.1, 0.15) is 11.8 Å². The molecule has 1 aromatic rings. The van der Waals surface area contributed by atoms with E-state index in [0.717, 1.165) is 0 Å². The summed E-state index contributed by atoms with van der Waals surface area (Å²) in [7, 11) is 1.77. The van der Waals surface area contributed by atoms with E-state index in [1.165, 1.54) is 0 Å². The summed E-state index contributed by atoms with van der Waals surface area (Å²) in [6.07, 6.45) is 0.678. The molecule has 0 saturated carbocycles. The van der Waals surface area contributed by atoms with Crippen LogP contribution in [0.25, 0.3) is 0 Å². The number of halogens is 3. The molecule has 0 amide bonds. The minimum absolute atomic E-state index is 0.579. The number of alkyl halides is 3. The van der Waals surface area contributed by atoms with Crippen molar-refractivity contribution < 1.29 is 5.11 Å². The topological polar surface area (TPSA) is 25.2 Å². The lowest BCUT2D eigenvalue weighted by Gasteiger charge is -2.19. The van der Waals surface area contributed by atoms with Gasteiger partial charge in [-0.1, -0.05) is 34.8 Å². The molecule has 0 fully saturated rings. The minimum Gasteiger partial charge on any atom is -0.382 e. The summed E-state index contributed by atoms with van der Waals surface area (Å²) in [6.45, 7) is 0. The van der Waals surface area contributed by atoms with Crippen LogP contribution in [-0.4, -0.2) is 13.5 Å². The zero-order chi connectivity index (χ0) is 9.35. The van der Waals surface area contributed by atoms with E-state index in [9.17, 15) is 5.11 Å². The van der Waals surface area contributed by atoms with E-state index in [2.05, 4.69) is 0 Å². The molecule has 0 aliphatic carbocycles. The molecule has 0 bridgehead atoms. The maximum atomic E-state index is 9.51. The van der Waals surface area contributed by atoms with Crippen molar-refractivity contribution in [3.05, 3.63) is 24.0 Å². The van der Waals surface area contributed by atoms with Gasteiger partial charge >= 0.3 is 0 Å². The third-order valence-electron chi connectivity index (χ3n) is 1.57. The van der Waals surface area contributed by atoms with E-state index >= 15 is 0 Å². The quantitative estimate of drug-likeness (QED) is 0.734. The lowest BCUT2D eigenvalue weighted by Crippen LogP contribution is -2.18. The van der Waals surface area contributed by atoms with Crippen LogP contribution in [0.15, 0.2) is 18.3 Å². The van der Waals surface area contributed by atoms with Crippen molar-refractivity contribution in [2.24, 2.45) is 7.05 Å². The van der Waals surface area contributed by atoms with Crippen molar-refractivity contribution in [2.45, 2.75) is 9.90 Å². The van der Waals surface area contributed by atoms with Gasteiger partial charge in [0.25, 0.3) is 0 Å². The Morgan fingerprint density at radius 2 is 2.08 bits per heavy atom. The molecule has 0 aliphatic rings. The first-order chi connectivity index (χ1) is 5.43. The SMILES string of the molecule is Cn1cccc1C(O)C(Cl)(Cl)Cl. The van der Waals surface area contributed by atoms with Crippen LogP contribution >= 0.6 is 34.8 Å². The Morgan fingerprint density at radius 3 is 2.42 bits per heavy atom. The Labute approximate surface area is 85.6 Å². The molecule has 1 unspecified atom stereocenters. The van der Waals surface area contributed by atoms with Gasteiger partial charge in [0.1, 0.15) is 6.10 Å². The highest BCUT2D eigenvalue weighted by Crippen LogP contribution is 2.39. The predicted octanol–water partition coefficient (Wildman–Crippen LogP) is 2.43. The van der Waals surface area contributed by atoms with Crippen molar-refractivity contribution in [3.63, 3.8) is 0 Å². The average Bonchev–Trinajstić information content (AvgIpc) is 2.31. The second kappa shape index (κ2) is 3.46. The highest BCUT2D eigenvalue weighted by Gasteiger charge is 2.33. The van der Waals surface area contributed by atoms with Crippen LogP contribution in [0.3, 0.4) is 0 Å². The minimum atomic E-state index is -1.67. The maximum Gasteiger partial charge on any atom is 0.221 e. The van der Waals surface area contributed by atoms with Crippen LogP contribution < -0.4 is 0 Å². The molecule has 1 aromatic heterocycles. The molecule has 0 aliphatic heterocycles. The number of rotatable bonds is 1.